The molecule has 2 N–H and O–H groups in total. The van der Waals surface area contributed by atoms with Crippen LogP contribution in [0.25, 0.3) is 6.08 Å². The summed E-state index contributed by atoms with van der Waals surface area (Å²) in [4.78, 5) is 29.5. The zero-order chi connectivity index (χ0) is 20.1. The molecule has 0 bridgehead atoms. The van der Waals surface area contributed by atoms with E-state index in [1.807, 2.05) is 0 Å². The Bertz CT molecular complexity index is 1050. The van der Waals surface area contributed by atoms with Gasteiger partial charge < -0.3 is 10.4 Å². The van der Waals surface area contributed by atoms with Crippen LogP contribution in [-0.2, 0) is 9.59 Å². The monoisotopic (exact) mass is 397 g/mol. The number of carbonyl (C=O) groups excluding carboxylic acids is 2. The number of para-hydroxylation sites is 1. The van der Waals surface area contributed by atoms with Crippen LogP contribution in [0.15, 0.2) is 60.0 Å². The molecule has 8 heteroatoms. The summed E-state index contributed by atoms with van der Waals surface area (Å²) in [5.41, 5.74) is 1.02. The third-order valence-corrected chi connectivity index (χ3v) is 4.47. The summed E-state index contributed by atoms with van der Waals surface area (Å²) >= 11 is 1.16. The van der Waals surface area contributed by atoms with Crippen molar-refractivity contribution in [2.75, 3.05) is 10.2 Å². The van der Waals surface area contributed by atoms with Crippen molar-refractivity contribution >= 4 is 45.7 Å². The molecule has 0 saturated carbocycles. The highest BCUT2D eigenvalue weighted by molar-refractivity contribution is 7.14. The Morgan fingerprint density at radius 3 is 2.71 bits per heavy atom. The van der Waals surface area contributed by atoms with E-state index in [9.17, 15) is 19.1 Å². The molecule has 0 saturated heterocycles. The van der Waals surface area contributed by atoms with Crippen molar-refractivity contribution in [1.82, 2.24) is 4.98 Å². The van der Waals surface area contributed by atoms with E-state index >= 15 is 0 Å². The van der Waals surface area contributed by atoms with E-state index in [4.69, 9.17) is 0 Å². The molecule has 0 aliphatic heterocycles. The van der Waals surface area contributed by atoms with Crippen LogP contribution in [0.4, 0.5) is 20.9 Å². The Morgan fingerprint density at radius 1 is 1.21 bits per heavy atom. The maximum Gasteiger partial charge on any atom is 0.248 e. The Hall–Kier alpha value is -3.52. The predicted molar refractivity (Wildman–Crippen MR) is 107 cm³/mol. The number of phenols is 1. The zero-order valence-corrected chi connectivity index (χ0v) is 15.6. The zero-order valence-electron chi connectivity index (χ0n) is 14.8. The average molecular weight is 397 g/mol. The van der Waals surface area contributed by atoms with Crippen molar-refractivity contribution in [1.29, 1.82) is 0 Å². The molecule has 0 aliphatic rings. The predicted octanol–water partition coefficient (Wildman–Crippen LogP) is 4.32. The first kappa shape index (κ1) is 19.2. The lowest BCUT2D eigenvalue weighted by Gasteiger charge is -2.18. The van der Waals surface area contributed by atoms with E-state index in [2.05, 4.69) is 10.3 Å². The lowest BCUT2D eigenvalue weighted by Crippen LogP contribution is -2.23. The summed E-state index contributed by atoms with van der Waals surface area (Å²) in [6.45, 7) is 1.33. The third-order valence-electron chi connectivity index (χ3n) is 3.63. The van der Waals surface area contributed by atoms with Gasteiger partial charge in [-0.25, -0.2) is 9.37 Å². The molecular weight excluding hydrogens is 381 g/mol. The summed E-state index contributed by atoms with van der Waals surface area (Å²) in [7, 11) is 0. The topological polar surface area (TPSA) is 82.5 Å². The maximum atomic E-state index is 14.1. The summed E-state index contributed by atoms with van der Waals surface area (Å²) in [6.07, 6.45) is 2.77. The van der Waals surface area contributed by atoms with Crippen LogP contribution >= 0.6 is 11.3 Å². The van der Waals surface area contributed by atoms with Crippen molar-refractivity contribution in [3.8, 4) is 5.75 Å². The Balaban J connectivity index is 1.75. The van der Waals surface area contributed by atoms with Gasteiger partial charge in [0.1, 0.15) is 11.6 Å². The maximum absolute atomic E-state index is 14.1. The Morgan fingerprint density at radius 2 is 2.00 bits per heavy atom. The summed E-state index contributed by atoms with van der Waals surface area (Å²) < 4.78 is 14.1. The van der Waals surface area contributed by atoms with Crippen LogP contribution in [0.2, 0.25) is 0 Å². The van der Waals surface area contributed by atoms with Gasteiger partial charge in [0.2, 0.25) is 11.8 Å². The van der Waals surface area contributed by atoms with Crippen molar-refractivity contribution < 1.29 is 19.1 Å². The number of nitrogens with one attached hydrogen (secondary N) is 1. The highest BCUT2D eigenvalue weighted by Crippen LogP contribution is 2.31. The number of aromatic hydroxyl groups is 1. The largest absolute Gasteiger partial charge is 0.508 e. The first-order chi connectivity index (χ1) is 13.4. The Kier molecular flexibility index (Phi) is 5.81. The number of rotatable bonds is 5. The normalized spacial score (nSPS) is 10.8. The van der Waals surface area contributed by atoms with E-state index in [0.717, 1.165) is 11.3 Å². The molecule has 3 rings (SSSR count). The molecule has 2 amide bonds. The van der Waals surface area contributed by atoms with E-state index in [-0.39, 0.29) is 17.3 Å². The van der Waals surface area contributed by atoms with Crippen molar-refractivity contribution in [3.63, 3.8) is 0 Å². The van der Waals surface area contributed by atoms with Crippen molar-refractivity contribution in [2.24, 2.45) is 0 Å². The number of thiazole rings is 1. The number of aromatic nitrogens is 1. The minimum absolute atomic E-state index is 0.0448. The summed E-state index contributed by atoms with van der Waals surface area (Å²) in [6, 6.07) is 12.1. The number of hydrogen-bond acceptors (Lipinski definition) is 5. The first-order valence-electron chi connectivity index (χ1n) is 8.23. The summed E-state index contributed by atoms with van der Waals surface area (Å²) in [5.74, 6) is -1.27. The van der Waals surface area contributed by atoms with Crippen LogP contribution < -0.4 is 10.2 Å². The van der Waals surface area contributed by atoms with Crippen molar-refractivity contribution in [3.05, 3.63) is 71.5 Å². The highest BCUT2D eigenvalue weighted by Gasteiger charge is 2.20. The molecular formula is C20H16FN3O3S. The van der Waals surface area contributed by atoms with Crippen LogP contribution in [-0.4, -0.2) is 21.9 Å². The molecule has 28 heavy (non-hydrogen) atoms. The molecule has 1 heterocycles. The van der Waals surface area contributed by atoms with E-state index < -0.39 is 11.7 Å². The van der Waals surface area contributed by atoms with E-state index in [1.54, 1.807) is 23.6 Å². The molecule has 1 aromatic heterocycles. The highest BCUT2D eigenvalue weighted by atomic mass is 32.1. The van der Waals surface area contributed by atoms with Crippen LogP contribution in [0.5, 0.6) is 5.75 Å². The van der Waals surface area contributed by atoms with E-state index in [1.165, 1.54) is 54.3 Å². The van der Waals surface area contributed by atoms with Gasteiger partial charge in [0.25, 0.3) is 0 Å². The average Bonchev–Trinajstić information content (AvgIpc) is 3.10. The molecule has 6 nitrogen and oxygen atoms in total. The number of carbonyl (C=O) groups is 2. The fraction of sp³-hybridized carbons (Fsp3) is 0.0500. The van der Waals surface area contributed by atoms with Gasteiger partial charge in [-0.1, -0.05) is 18.2 Å². The second-order valence-electron chi connectivity index (χ2n) is 5.73. The number of benzene rings is 2. The van der Waals surface area contributed by atoms with Gasteiger partial charge >= 0.3 is 0 Å². The minimum Gasteiger partial charge on any atom is -0.508 e. The van der Waals surface area contributed by atoms with Gasteiger partial charge in [-0.2, -0.15) is 0 Å². The quantitative estimate of drug-likeness (QED) is 0.628. The van der Waals surface area contributed by atoms with Gasteiger partial charge in [-0.05, 0) is 30.3 Å². The molecule has 142 valence electrons. The van der Waals surface area contributed by atoms with Crippen LogP contribution in [0, 0.1) is 5.82 Å². The lowest BCUT2D eigenvalue weighted by atomic mass is 10.3. The number of halogens is 1. The number of hydrogen-bond donors (Lipinski definition) is 2. The fourth-order valence-corrected chi connectivity index (χ4v) is 3.27. The number of anilines is 3. The van der Waals surface area contributed by atoms with Gasteiger partial charge in [0, 0.05) is 30.1 Å². The molecule has 0 radical (unpaired) electrons. The van der Waals surface area contributed by atoms with Crippen LogP contribution in [0.1, 0.15) is 12.6 Å². The molecule has 3 aromatic rings. The molecule has 0 fully saturated rings. The SMILES string of the molecule is CC(=O)N(c1nc(/C=C/C(=O)Nc2cccc(O)c2)cs1)c1ccccc1F. The first-order valence-corrected chi connectivity index (χ1v) is 9.11. The van der Waals surface area contributed by atoms with Gasteiger partial charge in [0.05, 0.1) is 11.4 Å². The van der Waals surface area contributed by atoms with Crippen molar-refractivity contribution in [2.45, 2.75) is 6.92 Å². The molecule has 0 aliphatic carbocycles. The Labute approximate surface area is 164 Å². The minimum atomic E-state index is -0.532. The molecule has 0 unspecified atom stereocenters. The van der Waals surface area contributed by atoms with Gasteiger partial charge in [-0.15, -0.1) is 11.3 Å². The van der Waals surface area contributed by atoms with E-state index in [0.29, 0.717) is 16.5 Å². The van der Waals surface area contributed by atoms with Crippen LogP contribution in [0.3, 0.4) is 0 Å². The number of nitrogens with zero attached hydrogens (tertiary/aromatic N) is 2. The van der Waals surface area contributed by atoms with Gasteiger partial charge in [0.15, 0.2) is 5.13 Å². The third kappa shape index (κ3) is 4.60. The summed E-state index contributed by atoms with van der Waals surface area (Å²) in [5, 5.41) is 14.0. The number of amides is 2. The standard InChI is InChI=1S/C20H16FN3O3S/c1-13(25)24(18-8-3-2-7-17(18)21)20-23-15(12-28-20)9-10-19(27)22-14-5-4-6-16(26)11-14/h2-12,26H,1H3,(H,22,27)/b10-9+. The molecule has 0 atom stereocenters. The fourth-order valence-electron chi connectivity index (χ4n) is 2.42. The molecule has 2 aromatic carbocycles. The smallest absolute Gasteiger partial charge is 0.248 e. The van der Waals surface area contributed by atoms with Gasteiger partial charge in [-0.3, -0.25) is 14.5 Å². The number of phenolic OH excluding ortho intramolecular Hbond substituents is 1. The second kappa shape index (κ2) is 8.45. The molecule has 0 spiro atoms. The second-order valence-corrected chi connectivity index (χ2v) is 6.57. The lowest BCUT2D eigenvalue weighted by molar-refractivity contribution is -0.116.